The van der Waals surface area contributed by atoms with E-state index in [1.54, 1.807) is 0 Å². The highest BCUT2D eigenvalue weighted by atomic mass is 16.4. The first-order valence-corrected chi connectivity index (χ1v) is 6.50. The zero-order chi connectivity index (χ0) is 13.9. The van der Waals surface area contributed by atoms with E-state index in [0.717, 1.165) is 25.7 Å². The van der Waals surface area contributed by atoms with Gasteiger partial charge in [-0.15, -0.1) is 0 Å². The third-order valence-corrected chi connectivity index (χ3v) is 3.49. The number of carboxylic acid groups (broad SMARTS) is 1. The molecule has 5 heteroatoms. The second kappa shape index (κ2) is 5.69. The zero-order valence-corrected chi connectivity index (χ0v) is 11.5. The molecule has 0 bridgehead atoms. The molecular weight excluding hydrogens is 232 g/mol. The van der Waals surface area contributed by atoms with Gasteiger partial charge in [0.25, 0.3) is 0 Å². The van der Waals surface area contributed by atoms with E-state index in [1.165, 1.54) is 4.90 Å². The minimum atomic E-state index is -0.967. The smallest absolute Gasteiger partial charge is 0.323 e. The molecule has 1 aliphatic rings. The molecular formula is C13H24N2O3. The summed E-state index contributed by atoms with van der Waals surface area (Å²) in [6.07, 6.45) is 3.24. The van der Waals surface area contributed by atoms with Gasteiger partial charge in [-0.2, -0.15) is 0 Å². The summed E-state index contributed by atoms with van der Waals surface area (Å²) in [7, 11) is 0. The van der Waals surface area contributed by atoms with Crippen LogP contribution in [0.1, 0.15) is 46.5 Å². The Balaban J connectivity index is 2.73. The lowest BCUT2D eigenvalue weighted by atomic mass is 9.84. The lowest BCUT2D eigenvalue weighted by Crippen LogP contribution is -2.51. The fourth-order valence-corrected chi connectivity index (χ4v) is 2.37. The van der Waals surface area contributed by atoms with Crippen LogP contribution in [0, 0.1) is 5.92 Å². The van der Waals surface area contributed by atoms with Crippen LogP contribution >= 0.6 is 0 Å². The number of carboxylic acids is 1. The van der Waals surface area contributed by atoms with Gasteiger partial charge in [-0.05, 0) is 46.5 Å². The summed E-state index contributed by atoms with van der Waals surface area (Å²) in [6, 6.07) is 0.191. The first-order chi connectivity index (χ1) is 8.21. The zero-order valence-electron chi connectivity index (χ0n) is 11.5. The maximum Gasteiger partial charge on any atom is 0.323 e. The van der Waals surface area contributed by atoms with Crippen molar-refractivity contribution in [3.05, 3.63) is 0 Å². The van der Waals surface area contributed by atoms with Crippen LogP contribution in [-0.2, 0) is 9.59 Å². The highest BCUT2D eigenvalue weighted by molar-refractivity contribution is 5.83. The van der Waals surface area contributed by atoms with Crippen molar-refractivity contribution in [3.8, 4) is 0 Å². The van der Waals surface area contributed by atoms with Gasteiger partial charge < -0.3 is 15.7 Å². The van der Waals surface area contributed by atoms with Crippen molar-refractivity contribution in [1.82, 2.24) is 4.90 Å². The van der Waals surface area contributed by atoms with Gasteiger partial charge in [0.05, 0.1) is 0 Å². The fourth-order valence-electron chi connectivity index (χ4n) is 2.37. The Morgan fingerprint density at radius 3 is 2.11 bits per heavy atom. The maximum absolute atomic E-state index is 12.4. The summed E-state index contributed by atoms with van der Waals surface area (Å²) in [5, 5.41) is 8.92. The molecule has 0 aromatic heterocycles. The lowest BCUT2D eigenvalue weighted by Gasteiger charge is -2.38. The predicted molar refractivity (Wildman–Crippen MR) is 69.0 cm³/mol. The molecule has 0 radical (unpaired) electrons. The van der Waals surface area contributed by atoms with Crippen LogP contribution in [-0.4, -0.2) is 40.0 Å². The number of nitrogens with two attached hydrogens (primary N) is 1. The molecule has 1 saturated carbocycles. The van der Waals surface area contributed by atoms with E-state index in [-0.39, 0.29) is 24.4 Å². The molecule has 1 aliphatic carbocycles. The molecule has 5 nitrogen and oxygen atoms in total. The highest BCUT2D eigenvalue weighted by Gasteiger charge is 2.34. The van der Waals surface area contributed by atoms with Gasteiger partial charge in [0.15, 0.2) is 0 Å². The lowest BCUT2D eigenvalue weighted by molar-refractivity contribution is -0.151. The number of hydrogen-bond acceptors (Lipinski definition) is 3. The number of rotatable bonds is 3. The fraction of sp³-hybridized carbons (Fsp3) is 0.846. The van der Waals surface area contributed by atoms with Crippen LogP contribution in [0.5, 0.6) is 0 Å². The van der Waals surface area contributed by atoms with Crippen molar-refractivity contribution < 1.29 is 14.7 Å². The molecule has 0 unspecified atom stereocenters. The molecule has 0 heterocycles. The number of nitrogens with zero attached hydrogens (tertiary/aromatic N) is 1. The SMILES string of the molecule is CC(C)(C)N(CC(=O)O)C(=O)C1CCC(N)CC1. The summed E-state index contributed by atoms with van der Waals surface area (Å²) in [6.45, 7) is 5.36. The first kappa shape index (κ1) is 15.0. The summed E-state index contributed by atoms with van der Waals surface area (Å²) in [4.78, 5) is 24.8. The molecule has 104 valence electrons. The summed E-state index contributed by atoms with van der Waals surface area (Å²) < 4.78 is 0. The molecule has 3 N–H and O–H groups in total. The molecule has 0 aromatic carbocycles. The van der Waals surface area contributed by atoms with E-state index in [4.69, 9.17) is 10.8 Å². The van der Waals surface area contributed by atoms with Gasteiger partial charge in [0.2, 0.25) is 5.91 Å². The van der Waals surface area contributed by atoms with Crippen LogP contribution in [0.2, 0.25) is 0 Å². The second-order valence-corrected chi connectivity index (χ2v) is 6.10. The first-order valence-electron chi connectivity index (χ1n) is 6.50. The maximum atomic E-state index is 12.4. The molecule has 0 saturated heterocycles. The van der Waals surface area contributed by atoms with Crippen LogP contribution in [0.3, 0.4) is 0 Å². The van der Waals surface area contributed by atoms with Crippen molar-refractivity contribution in [2.45, 2.75) is 58.0 Å². The van der Waals surface area contributed by atoms with Crippen molar-refractivity contribution in [2.24, 2.45) is 11.7 Å². The number of aliphatic carboxylic acids is 1. The van der Waals surface area contributed by atoms with Gasteiger partial charge in [0, 0.05) is 17.5 Å². The standard InChI is InChI=1S/C13H24N2O3/c1-13(2,3)15(8-11(16)17)12(18)9-4-6-10(14)7-5-9/h9-10H,4-8,14H2,1-3H3,(H,16,17). The van der Waals surface area contributed by atoms with Crippen molar-refractivity contribution >= 4 is 11.9 Å². The van der Waals surface area contributed by atoms with E-state index in [2.05, 4.69) is 0 Å². The van der Waals surface area contributed by atoms with Crippen molar-refractivity contribution in [3.63, 3.8) is 0 Å². The average molecular weight is 256 g/mol. The summed E-state index contributed by atoms with van der Waals surface area (Å²) >= 11 is 0. The van der Waals surface area contributed by atoms with E-state index in [9.17, 15) is 9.59 Å². The van der Waals surface area contributed by atoms with Gasteiger partial charge in [-0.25, -0.2) is 0 Å². The van der Waals surface area contributed by atoms with Crippen LogP contribution in [0.25, 0.3) is 0 Å². The number of amides is 1. The Labute approximate surface area is 108 Å². The molecule has 1 rings (SSSR count). The number of carbonyl (C=O) groups excluding carboxylic acids is 1. The van der Waals surface area contributed by atoms with Crippen molar-refractivity contribution in [1.29, 1.82) is 0 Å². The third kappa shape index (κ3) is 3.98. The van der Waals surface area contributed by atoms with Crippen LogP contribution in [0.4, 0.5) is 0 Å². The normalized spacial score (nSPS) is 24.7. The third-order valence-electron chi connectivity index (χ3n) is 3.49. The molecule has 1 amide bonds. The van der Waals surface area contributed by atoms with Crippen molar-refractivity contribution in [2.75, 3.05) is 6.54 Å². The van der Waals surface area contributed by atoms with Gasteiger partial charge in [-0.3, -0.25) is 9.59 Å². The summed E-state index contributed by atoms with van der Waals surface area (Å²) in [5.41, 5.74) is 5.36. The Hall–Kier alpha value is -1.10. The summed E-state index contributed by atoms with van der Waals surface area (Å²) in [5.74, 6) is -1.08. The molecule has 1 fully saturated rings. The minimum absolute atomic E-state index is 0.0446. The average Bonchev–Trinajstić information content (AvgIpc) is 2.24. The van der Waals surface area contributed by atoms with E-state index >= 15 is 0 Å². The Bertz CT molecular complexity index is 315. The monoisotopic (exact) mass is 256 g/mol. The van der Waals surface area contributed by atoms with Gasteiger partial charge >= 0.3 is 5.97 Å². The predicted octanol–water partition coefficient (Wildman–Crippen LogP) is 1.22. The van der Waals surface area contributed by atoms with E-state index < -0.39 is 11.5 Å². The van der Waals surface area contributed by atoms with E-state index in [0.29, 0.717) is 0 Å². The van der Waals surface area contributed by atoms with Gasteiger partial charge in [0.1, 0.15) is 6.54 Å². The molecule has 0 atom stereocenters. The van der Waals surface area contributed by atoms with Crippen LogP contribution in [0.15, 0.2) is 0 Å². The van der Waals surface area contributed by atoms with Gasteiger partial charge in [-0.1, -0.05) is 0 Å². The molecule has 18 heavy (non-hydrogen) atoms. The molecule has 0 aromatic rings. The van der Waals surface area contributed by atoms with Crippen LogP contribution < -0.4 is 5.73 Å². The molecule has 0 aliphatic heterocycles. The Morgan fingerprint density at radius 2 is 1.72 bits per heavy atom. The Morgan fingerprint density at radius 1 is 1.22 bits per heavy atom. The molecule has 0 spiro atoms. The Kier molecular flexibility index (Phi) is 4.73. The number of carbonyl (C=O) groups is 2. The highest BCUT2D eigenvalue weighted by Crippen LogP contribution is 2.27. The second-order valence-electron chi connectivity index (χ2n) is 6.10. The minimum Gasteiger partial charge on any atom is -0.480 e. The number of hydrogen-bond donors (Lipinski definition) is 2. The largest absolute Gasteiger partial charge is 0.480 e. The van der Waals surface area contributed by atoms with E-state index in [1.807, 2.05) is 20.8 Å². The topological polar surface area (TPSA) is 83.6 Å². The quantitative estimate of drug-likeness (QED) is 0.795.